The molecule has 2 aliphatic rings. The molecule has 2 aliphatic heterocycles. The highest BCUT2D eigenvalue weighted by atomic mass is 19.4. The highest BCUT2D eigenvalue weighted by Crippen LogP contribution is 2.35. The van der Waals surface area contributed by atoms with E-state index in [1.54, 1.807) is 24.3 Å². The Morgan fingerprint density at radius 2 is 1.70 bits per heavy atom. The van der Waals surface area contributed by atoms with Crippen LogP contribution < -0.4 is 14.2 Å². The fraction of sp³-hybridized carbons (Fsp3) is 0.150. The van der Waals surface area contributed by atoms with E-state index >= 15 is 0 Å². The standard InChI is InChI=1S/C20H12F3NO3/c21-20(22,23)15-3-1-13(2-4-15)14-7-8-24-19(11-14)27-16-5-6-17-18(12-16)26-10-9-25-17/h1-6,11-12H,9-10H2. The zero-order chi connectivity index (χ0) is 18.9. The number of hydrogen-bond acceptors (Lipinski definition) is 4. The number of benzene rings is 2. The lowest BCUT2D eigenvalue weighted by atomic mass is 10.0. The number of aliphatic imine (C=N–C) groups is 1. The predicted octanol–water partition coefficient (Wildman–Crippen LogP) is 4.62. The number of halogens is 3. The summed E-state index contributed by atoms with van der Waals surface area (Å²) in [6.45, 7) is 0.954. The molecule has 0 saturated heterocycles. The van der Waals surface area contributed by atoms with Gasteiger partial charge in [-0.05, 0) is 35.6 Å². The summed E-state index contributed by atoms with van der Waals surface area (Å²) in [5.74, 6) is 4.52. The number of fused-ring (bicyclic) bond motifs is 1. The van der Waals surface area contributed by atoms with Crippen molar-refractivity contribution in [2.45, 2.75) is 6.18 Å². The van der Waals surface area contributed by atoms with Gasteiger partial charge < -0.3 is 14.2 Å². The van der Waals surface area contributed by atoms with Crippen LogP contribution in [-0.4, -0.2) is 19.1 Å². The van der Waals surface area contributed by atoms with Crippen LogP contribution >= 0.6 is 0 Å². The van der Waals surface area contributed by atoms with Crippen LogP contribution in [0.1, 0.15) is 11.1 Å². The van der Waals surface area contributed by atoms with E-state index in [4.69, 9.17) is 14.2 Å². The second kappa shape index (κ2) is 6.72. The number of ether oxygens (including phenoxy) is 3. The largest absolute Gasteiger partial charge is 0.486 e. The van der Waals surface area contributed by atoms with Crippen LogP contribution in [0.15, 0.2) is 65.1 Å². The Hall–Kier alpha value is -3.40. The van der Waals surface area contributed by atoms with Crippen molar-refractivity contribution in [2.24, 2.45) is 4.99 Å². The summed E-state index contributed by atoms with van der Waals surface area (Å²) in [6, 6.07) is 9.91. The summed E-state index contributed by atoms with van der Waals surface area (Å²) in [4.78, 5) is 3.97. The normalized spacial score (nSPS) is 15.2. The van der Waals surface area contributed by atoms with Crippen LogP contribution in [0.3, 0.4) is 0 Å². The lowest BCUT2D eigenvalue weighted by Gasteiger charge is -2.18. The van der Waals surface area contributed by atoms with Crippen molar-refractivity contribution in [1.29, 1.82) is 0 Å². The third kappa shape index (κ3) is 3.75. The minimum atomic E-state index is -4.38. The minimum Gasteiger partial charge on any atom is -0.486 e. The minimum absolute atomic E-state index is 0.236. The van der Waals surface area contributed by atoms with E-state index in [2.05, 4.69) is 16.6 Å². The van der Waals surface area contributed by atoms with Crippen molar-refractivity contribution in [3.8, 4) is 17.2 Å². The van der Waals surface area contributed by atoms with Gasteiger partial charge in [-0.2, -0.15) is 18.2 Å². The molecule has 0 N–H and O–H groups in total. The molecule has 0 radical (unpaired) electrons. The first-order chi connectivity index (χ1) is 13.0. The van der Waals surface area contributed by atoms with Crippen LogP contribution in [0.4, 0.5) is 13.2 Å². The molecule has 7 heteroatoms. The molecule has 0 unspecified atom stereocenters. The highest BCUT2D eigenvalue weighted by Gasteiger charge is 2.30. The van der Waals surface area contributed by atoms with Gasteiger partial charge in [0.05, 0.1) is 5.56 Å². The molecule has 136 valence electrons. The van der Waals surface area contributed by atoms with Gasteiger partial charge in [0, 0.05) is 23.6 Å². The molecule has 0 spiro atoms. The van der Waals surface area contributed by atoms with Gasteiger partial charge in [0.1, 0.15) is 19.0 Å². The maximum Gasteiger partial charge on any atom is 0.416 e. The first kappa shape index (κ1) is 17.0. The molecular formula is C20H12F3NO3. The van der Waals surface area contributed by atoms with Crippen molar-refractivity contribution in [1.82, 2.24) is 0 Å². The predicted molar refractivity (Wildman–Crippen MR) is 91.9 cm³/mol. The molecule has 0 atom stereocenters. The van der Waals surface area contributed by atoms with Gasteiger partial charge in [-0.3, -0.25) is 0 Å². The number of alkyl halides is 3. The van der Waals surface area contributed by atoms with Crippen molar-refractivity contribution in [2.75, 3.05) is 13.2 Å². The van der Waals surface area contributed by atoms with Crippen LogP contribution in [0.5, 0.6) is 17.2 Å². The van der Waals surface area contributed by atoms with E-state index in [-0.39, 0.29) is 5.88 Å². The molecule has 0 amide bonds. The maximum absolute atomic E-state index is 12.7. The van der Waals surface area contributed by atoms with E-state index < -0.39 is 11.7 Å². The average molecular weight is 371 g/mol. The van der Waals surface area contributed by atoms with E-state index in [0.717, 1.165) is 12.1 Å². The Morgan fingerprint density at radius 1 is 0.963 bits per heavy atom. The van der Waals surface area contributed by atoms with Gasteiger partial charge in [0.15, 0.2) is 11.5 Å². The van der Waals surface area contributed by atoms with Crippen molar-refractivity contribution < 1.29 is 27.4 Å². The Bertz CT molecular complexity index is 1010. The van der Waals surface area contributed by atoms with Crippen molar-refractivity contribution in [3.05, 3.63) is 71.3 Å². The number of rotatable bonds is 3. The lowest BCUT2D eigenvalue weighted by Crippen LogP contribution is -2.15. The Morgan fingerprint density at radius 3 is 2.44 bits per heavy atom. The van der Waals surface area contributed by atoms with Crippen LogP contribution in [0.25, 0.3) is 5.57 Å². The van der Waals surface area contributed by atoms with E-state index in [1.165, 1.54) is 12.1 Å². The van der Waals surface area contributed by atoms with Gasteiger partial charge in [-0.25, -0.2) is 0 Å². The summed E-state index contributed by atoms with van der Waals surface area (Å²) in [5.41, 5.74) is 3.14. The fourth-order valence-corrected chi connectivity index (χ4v) is 2.59. The van der Waals surface area contributed by atoms with Crippen LogP contribution in [0.2, 0.25) is 0 Å². The van der Waals surface area contributed by atoms with Gasteiger partial charge >= 0.3 is 6.18 Å². The lowest BCUT2D eigenvalue weighted by molar-refractivity contribution is -0.137. The second-order valence-electron chi connectivity index (χ2n) is 5.73. The molecule has 0 aromatic heterocycles. The van der Waals surface area contributed by atoms with Crippen molar-refractivity contribution in [3.63, 3.8) is 0 Å². The average Bonchev–Trinajstić information content (AvgIpc) is 2.68. The van der Waals surface area contributed by atoms with Gasteiger partial charge in [-0.1, -0.05) is 12.1 Å². The first-order valence-electron chi connectivity index (χ1n) is 8.04. The third-order valence-electron chi connectivity index (χ3n) is 3.88. The fourth-order valence-electron chi connectivity index (χ4n) is 2.59. The smallest absolute Gasteiger partial charge is 0.416 e. The molecule has 2 heterocycles. The van der Waals surface area contributed by atoms with E-state index in [9.17, 15) is 13.2 Å². The summed E-state index contributed by atoms with van der Waals surface area (Å²) >= 11 is 0. The highest BCUT2D eigenvalue weighted by molar-refractivity contribution is 5.81. The van der Waals surface area contributed by atoms with E-state index in [1.807, 2.05) is 0 Å². The Labute approximate surface area is 152 Å². The Kier molecular flexibility index (Phi) is 4.24. The molecule has 0 aliphatic carbocycles. The third-order valence-corrected chi connectivity index (χ3v) is 3.88. The zero-order valence-corrected chi connectivity index (χ0v) is 13.8. The zero-order valence-electron chi connectivity index (χ0n) is 13.8. The summed E-state index contributed by atoms with van der Waals surface area (Å²) in [6.07, 6.45) is -2.80. The molecule has 0 bridgehead atoms. The van der Waals surface area contributed by atoms with Gasteiger partial charge in [-0.15, -0.1) is 0 Å². The number of nitrogens with zero attached hydrogens (tertiary/aromatic N) is 1. The SMILES string of the molecule is FC(F)(F)c1ccc(C2=C=C=NC(Oc3ccc4c(c3)OCCO4)=C2)cc1. The number of allylic oxidation sites excluding steroid dienone is 2. The number of hydrogen-bond donors (Lipinski definition) is 0. The van der Waals surface area contributed by atoms with Gasteiger partial charge in [0.25, 0.3) is 0 Å². The molecule has 0 fully saturated rings. The topological polar surface area (TPSA) is 40.0 Å². The summed E-state index contributed by atoms with van der Waals surface area (Å²) in [7, 11) is 0. The monoisotopic (exact) mass is 371 g/mol. The second-order valence-corrected chi connectivity index (χ2v) is 5.73. The van der Waals surface area contributed by atoms with E-state index in [0.29, 0.717) is 41.6 Å². The molecule has 2 aromatic carbocycles. The molecule has 4 rings (SSSR count). The van der Waals surface area contributed by atoms with Gasteiger partial charge in [0.2, 0.25) is 5.88 Å². The molecule has 4 nitrogen and oxygen atoms in total. The molecule has 27 heavy (non-hydrogen) atoms. The molecule has 0 saturated carbocycles. The maximum atomic E-state index is 12.7. The molecular weight excluding hydrogens is 359 g/mol. The van der Waals surface area contributed by atoms with Crippen LogP contribution in [0, 0.1) is 0 Å². The first-order valence-corrected chi connectivity index (χ1v) is 8.04. The summed E-state index contributed by atoms with van der Waals surface area (Å²) in [5, 5.41) is 0. The molecule has 2 aromatic rings. The Balaban J connectivity index is 1.54. The van der Waals surface area contributed by atoms with Crippen molar-refractivity contribution >= 4 is 11.4 Å². The van der Waals surface area contributed by atoms with Crippen LogP contribution in [-0.2, 0) is 6.18 Å². The quantitative estimate of drug-likeness (QED) is 0.740. The summed E-state index contributed by atoms with van der Waals surface area (Å²) < 4.78 is 54.7.